The Kier molecular flexibility index (Phi) is 7.65. The topological polar surface area (TPSA) is 97.6 Å². The van der Waals surface area contributed by atoms with Crippen molar-refractivity contribution in [1.29, 1.82) is 0 Å². The summed E-state index contributed by atoms with van der Waals surface area (Å²) in [5, 5.41) is 5.04. The Labute approximate surface area is 136 Å². The molecular weight excluding hydrogens is 356 g/mol. The van der Waals surface area contributed by atoms with Gasteiger partial charge in [0.15, 0.2) is 17.0 Å². The Balaban J connectivity index is 2.23. The van der Waals surface area contributed by atoms with Gasteiger partial charge in [0, 0.05) is 6.04 Å². The molecule has 2 N–H and O–H groups in total. The van der Waals surface area contributed by atoms with Crippen molar-refractivity contribution in [3.05, 3.63) is 22.6 Å². The Hall–Kier alpha value is -1.83. The first kappa shape index (κ1) is 18.2. The number of amides is 2. The summed E-state index contributed by atoms with van der Waals surface area (Å²) < 4.78 is 10.2. The molecule has 8 heteroatoms. The van der Waals surface area contributed by atoms with Crippen LogP contribution in [0.4, 0.5) is 0 Å². The van der Waals surface area contributed by atoms with Gasteiger partial charge in [-0.1, -0.05) is 13.3 Å². The molecule has 0 bridgehead atoms. The van der Waals surface area contributed by atoms with E-state index in [0.29, 0.717) is 4.67 Å². The average molecular weight is 375 g/mol. The summed E-state index contributed by atoms with van der Waals surface area (Å²) in [6.07, 6.45) is 1.81. The van der Waals surface area contributed by atoms with Gasteiger partial charge < -0.3 is 19.8 Å². The quantitative estimate of drug-likeness (QED) is 0.673. The molecule has 1 rings (SSSR count). The molecule has 1 aromatic heterocycles. The second-order valence-electron chi connectivity index (χ2n) is 4.70. The Morgan fingerprint density at radius 1 is 1.36 bits per heavy atom. The van der Waals surface area contributed by atoms with Crippen LogP contribution in [0.15, 0.2) is 21.2 Å². The summed E-state index contributed by atoms with van der Waals surface area (Å²) in [5.41, 5.74) is 0. The predicted octanol–water partition coefficient (Wildman–Crippen LogP) is 1.62. The molecule has 122 valence electrons. The van der Waals surface area contributed by atoms with Gasteiger partial charge in [-0.15, -0.1) is 0 Å². The van der Waals surface area contributed by atoms with Gasteiger partial charge in [-0.2, -0.15) is 0 Å². The molecule has 0 saturated heterocycles. The molecular formula is C14H19BrN2O5. The minimum Gasteiger partial charge on any atom is -0.454 e. The van der Waals surface area contributed by atoms with Crippen molar-refractivity contribution in [3.8, 4) is 0 Å². The third-order valence-electron chi connectivity index (χ3n) is 2.68. The Morgan fingerprint density at radius 3 is 2.68 bits per heavy atom. The van der Waals surface area contributed by atoms with E-state index in [1.807, 2.05) is 13.8 Å². The van der Waals surface area contributed by atoms with Crippen LogP contribution in [0.1, 0.15) is 37.2 Å². The minimum absolute atomic E-state index is 0.0355. The van der Waals surface area contributed by atoms with Crippen LogP contribution < -0.4 is 10.6 Å². The first-order valence-electron chi connectivity index (χ1n) is 6.91. The van der Waals surface area contributed by atoms with Gasteiger partial charge in [-0.25, -0.2) is 0 Å². The van der Waals surface area contributed by atoms with E-state index in [2.05, 4.69) is 26.6 Å². The zero-order chi connectivity index (χ0) is 16.5. The van der Waals surface area contributed by atoms with Crippen molar-refractivity contribution in [2.75, 3.05) is 13.2 Å². The number of ether oxygens (including phenoxy) is 1. The zero-order valence-corrected chi connectivity index (χ0v) is 14.1. The molecule has 0 aliphatic rings. The van der Waals surface area contributed by atoms with E-state index in [1.165, 1.54) is 6.07 Å². The van der Waals surface area contributed by atoms with Crippen molar-refractivity contribution in [2.24, 2.45) is 0 Å². The number of rotatable bonds is 8. The van der Waals surface area contributed by atoms with Gasteiger partial charge in [0.1, 0.15) is 6.54 Å². The number of nitrogens with one attached hydrogen (secondary N) is 2. The SMILES string of the molecule is CCC[C@@H](C)NC(=O)COC(=O)CNC(=O)c1ccc(Br)o1. The van der Waals surface area contributed by atoms with Crippen LogP contribution in [-0.2, 0) is 14.3 Å². The molecule has 2 amide bonds. The summed E-state index contributed by atoms with van der Waals surface area (Å²) in [6, 6.07) is 3.07. The highest BCUT2D eigenvalue weighted by molar-refractivity contribution is 9.10. The number of hydrogen-bond donors (Lipinski definition) is 2. The first-order chi connectivity index (χ1) is 10.4. The average Bonchev–Trinajstić information content (AvgIpc) is 2.89. The first-order valence-corrected chi connectivity index (χ1v) is 7.70. The summed E-state index contributed by atoms with van der Waals surface area (Å²) in [5.74, 6) is -1.53. The fourth-order valence-corrected chi connectivity index (χ4v) is 2.00. The van der Waals surface area contributed by atoms with E-state index in [0.717, 1.165) is 12.8 Å². The van der Waals surface area contributed by atoms with E-state index in [-0.39, 0.29) is 30.9 Å². The van der Waals surface area contributed by atoms with Gasteiger partial charge in [0.25, 0.3) is 11.8 Å². The molecule has 0 aliphatic carbocycles. The van der Waals surface area contributed by atoms with Crippen LogP contribution in [0.5, 0.6) is 0 Å². The lowest BCUT2D eigenvalue weighted by molar-refractivity contribution is -0.147. The molecule has 0 spiro atoms. The number of esters is 1. The highest BCUT2D eigenvalue weighted by Gasteiger charge is 2.14. The van der Waals surface area contributed by atoms with Gasteiger partial charge in [0.2, 0.25) is 0 Å². The summed E-state index contributed by atoms with van der Waals surface area (Å²) in [4.78, 5) is 34.5. The van der Waals surface area contributed by atoms with E-state index in [9.17, 15) is 14.4 Å². The van der Waals surface area contributed by atoms with Crippen molar-refractivity contribution >= 4 is 33.7 Å². The molecule has 0 aliphatic heterocycles. The lowest BCUT2D eigenvalue weighted by Crippen LogP contribution is -2.37. The standard InChI is InChI=1S/C14H19BrN2O5/c1-3-4-9(2)17-12(18)8-21-13(19)7-16-14(20)10-5-6-11(15)22-10/h5-6,9H,3-4,7-8H2,1-2H3,(H,16,20)(H,17,18)/t9-/m1/s1. The van der Waals surface area contributed by atoms with Crippen molar-refractivity contribution in [1.82, 2.24) is 10.6 Å². The van der Waals surface area contributed by atoms with Crippen molar-refractivity contribution in [2.45, 2.75) is 32.7 Å². The maximum Gasteiger partial charge on any atom is 0.325 e. The number of carbonyl (C=O) groups is 3. The van der Waals surface area contributed by atoms with Crippen molar-refractivity contribution < 1.29 is 23.5 Å². The van der Waals surface area contributed by atoms with E-state index in [1.54, 1.807) is 6.07 Å². The molecule has 0 radical (unpaired) electrons. The number of hydrogen-bond acceptors (Lipinski definition) is 5. The summed E-state index contributed by atoms with van der Waals surface area (Å²) in [6.45, 7) is 3.19. The molecule has 1 aromatic rings. The van der Waals surface area contributed by atoms with Gasteiger partial charge in [-0.3, -0.25) is 14.4 Å². The van der Waals surface area contributed by atoms with Crippen LogP contribution in [-0.4, -0.2) is 37.0 Å². The fraction of sp³-hybridized carbons (Fsp3) is 0.500. The summed E-state index contributed by atoms with van der Waals surface area (Å²) in [7, 11) is 0. The molecule has 0 aromatic carbocycles. The van der Waals surface area contributed by atoms with Gasteiger partial charge in [-0.05, 0) is 41.4 Å². The van der Waals surface area contributed by atoms with E-state index in [4.69, 9.17) is 9.15 Å². The van der Waals surface area contributed by atoms with Crippen LogP contribution in [0.3, 0.4) is 0 Å². The number of furan rings is 1. The third kappa shape index (κ3) is 6.75. The van der Waals surface area contributed by atoms with Crippen LogP contribution >= 0.6 is 15.9 Å². The smallest absolute Gasteiger partial charge is 0.325 e. The fourth-order valence-electron chi connectivity index (χ4n) is 1.69. The van der Waals surface area contributed by atoms with E-state index >= 15 is 0 Å². The Bertz CT molecular complexity index is 529. The largest absolute Gasteiger partial charge is 0.454 e. The van der Waals surface area contributed by atoms with Crippen LogP contribution in [0, 0.1) is 0 Å². The lowest BCUT2D eigenvalue weighted by Gasteiger charge is -2.12. The second kappa shape index (κ2) is 9.24. The zero-order valence-electron chi connectivity index (χ0n) is 12.5. The predicted molar refractivity (Wildman–Crippen MR) is 82.2 cm³/mol. The molecule has 22 heavy (non-hydrogen) atoms. The molecule has 1 atom stereocenters. The second-order valence-corrected chi connectivity index (χ2v) is 5.49. The Morgan fingerprint density at radius 2 is 2.09 bits per heavy atom. The number of carbonyl (C=O) groups excluding carboxylic acids is 3. The van der Waals surface area contributed by atoms with Gasteiger partial charge in [0.05, 0.1) is 0 Å². The van der Waals surface area contributed by atoms with Gasteiger partial charge >= 0.3 is 5.97 Å². The van der Waals surface area contributed by atoms with Crippen LogP contribution in [0.25, 0.3) is 0 Å². The molecule has 0 saturated carbocycles. The third-order valence-corrected chi connectivity index (χ3v) is 3.11. The molecule has 0 unspecified atom stereocenters. The monoisotopic (exact) mass is 374 g/mol. The van der Waals surface area contributed by atoms with E-state index < -0.39 is 11.9 Å². The van der Waals surface area contributed by atoms with Crippen molar-refractivity contribution in [3.63, 3.8) is 0 Å². The minimum atomic E-state index is -0.697. The normalized spacial score (nSPS) is 11.6. The molecule has 7 nitrogen and oxygen atoms in total. The maximum absolute atomic E-state index is 11.6. The maximum atomic E-state index is 11.6. The molecule has 1 heterocycles. The number of halogens is 1. The lowest BCUT2D eigenvalue weighted by atomic mass is 10.2. The highest BCUT2D eigenvalue weighted by Crippen LogP contribution is 2.13. The van der Waals surface area contributed by atoms with Crippen LogP contribution in [0.2, 0.25) is 0 Å². The molecule has 0 fully saturated rings. The summed E-state index contributed by atoms with van der Waals surface area (Å²) >= 11 is 3.07. The highest BCUT2D eigenvalue weighted by atomic mass is 79.9.